The number of benzene rings is 1. The molecule has 3 N–H and O–H groups in total. The van der Waals surface area contributed by atoms with Gasteiger partial charge in [0.2, 0.25) is 0 Å². The van der Waals surface area contributed by atoms with Gasteiger partial charge in [0.05, 0.1) is 41.4 Å². The topological polar surface area (TPSA) is 120 Å². The zero-order valence-corrected chi connectivity index (χ0v) is 27.8. The summed E-state index contributed by atoms with van der Waals surface area (Å²) in [6.07, 6.45) is 1.12. The summed E-state index contributed by atoms with van der Waals surface area (Å²) in [7, 11) is 1.57. The van der Waals surface area contributed by atoms with Gasteiger partial charge in [-0.05, 0) is 81.8 Å². The van der Waals surface area contributed by atoms with Crippen LogP contribution in [-0.2, 0) is 12.7 Å². The first-order valence-corrected chi connectivity index (χ1v) is 16.8. The Morgan fingerprint density at radius 3 is 2.56 bits per heavy atom. The summed E-state index contributed by atoms with van der Waals surface area (Å²) in [5.74, 6) is -0.00454. The first kappa shape index (κ1) is 32.1. The molecule has 2 fully saturated rings. The molecule has 50 heavy (non-hydrogen) atoms. The van der Waals surface area contributed by atoms with E-state index in [1.54, 1.807) is 32.2 Å². The van der Waals surface area contributed by atoms with Crippen molar-refractivity contribution in [1.82, 2.24) is 29.2 Å². The minimum absolute atomic E-state index is 0.0639. The first-order chi connectivity index (χ1) is 23.9. The van der Waals surface area contributed by atoms with Crippen molar-refractivity contribution in [2.45, 2.75) is 70.4 Å². The molecule has 0 unspecified atom stereocenters. The lowest BCUT2D eigenvalue weighted by Crippen LogP contribution is -2.31. The van der Waals surface area contributed by atoms with Crippen LogP contribution in [0.25, 0.3) is 28.1 Å². The monoisotopic (exact) mass is 683 g/mol. The lowest BCUT2D eigenvalue weighted by molar-refractivity contribution is -0.137. The SMILES string of the molecule is COc1cc(C(=O)N2C3=CC[C@H]2C[C@H]3N)cc2nc(-c3cc4ccc([C@@H](C)NC(=O)c5ccccc5C(F)(F)F)nc4n3CC3CC3)c(C)n12. The van der Waals surface area contributed by atoms with Gasteiger partial charge in [0.25, 0.3) is 11.8 Å². The molecule has 258 valence electrons. The van der Waals surface area contributed by atoms with Crippen molar-refractivity contribution in [2.75, 3.05) is 7.11 Å². The summed E-state index contributed by atoms with van der Waals surface area (Å²) in [5, 5.41) is 3.56. The maximum atomic E-state index is 13.8. The van der Waals surface area contributed by atoms with E-state index in [0.29, 0.717) is 46.6 Å². The molecule has 3 aliphatic rings. The molecule has 10 nitrogen and oxygen atoms in total. The molecule has 1 saturated heterocycles. The number of hydrogen-bond acceptors (Lipinski definition) is 6. The highest BCUT2D eigenvalue weighted by atomic mass is 19.4. The van der Waals surface area contributed by atoms with Gasteiger partial charge in [-0.15, -0.1) is 0 Å². The summed E-state index contributed by atoms with van der Waals surface area (Å²) in [4.78, 5) is 38.6. The Hall–Kier alpha value is -5.17. The zero-order valence-electron chi connectivity index (χ0n) is 27.8. The lowest BCUT2D eigenvalue weighted by atomic mass is 10.0. The number of ether oxygens (including phenoxy) is 1. The first-order valence-electron chi connectivity index (χ1n) is 16.8. The van der Waals surface area contributed by atoms with Crippen LogP contribution in [0.15, 0.2) is 66.4 Å². The van der Waals surface area contributed by atoms with Crippen LogP contribution in [0, 0.1) is 12.8 Å². The number of alkyl halides is 3. The number of aromatic nitrogens is 4. The Balaban J connectivity index is 1.16. The van der Waals surface area contributed by atoms with E-state index in [2.05, 4.69) is 9.88 Å². The molecule has 1 aromatic carbocycles. The quantitative estimate of drug-likeness (QED) is 0.195. The normalized spacial score (nSPS) is 19.3. The number of halogens is 3. The molecule has 2 aliphatic heterocycles. The molecule has 4 aromatic heterocycles. The van der Waals surface area contributed by atoms with Crippen LogP contribution in [0.3, 0.4) is 0 Å². The number of nitrogens with zero attached hydrogens (tertiary/aromatic N) is 5. The number of fused-ring (bicyclic) bond motifs is 4. The number of carbonyl (C=O) groups excluding carboxylic acids is 2. The Bertz CT molecular complexity index is 2230. The highest BCUT2D eigenvalue weighted by Crippen LogP contribution is 2.40. The van der Waals surface area contributed by atoms with Crippen LogP contribution < -0.4 is 15.8 Å². The molecule has 1 aliphatic carbocycles. The molecule has 0 spiro atoms. The maximum Gasteiger partial charge on any atom is 0.417 e. The average molecular weight is 684 g/mol. The molecule has 8 rings (SSSR count). The Morgan fingerprint density at radius 2 is 1.88 bits per heavy atom. The van der Waals surface area contributed by atoms with Crippen molar-refractivity contribution < 1.29 is 27.5 Å². The summed E-state index contributed by atoms with van der Waals surface area (Å²) < 4.78 is 50.6. The standard InChI is InChI=1S/C37H36F3N7O3/c1-19(42-35(48)25-6-4-5-7-26(25)37(38,39)40)28-12-10-22-14-30(45(34(22)43-28)18-21-8-9-21)33-20(2)46-31(44-33)15-23(16-32(46)50-3)36(49)47-24-11-13-29(47)27(41)17-24/h4-7,10,12-16,19,21,24,27H,8-9,11,17-18,41H2,1-3H3,(H,42,48)/t19-,24+,27-/m1/s1. The summed E-state index contributed by atoms with van der Waals surface area (Å²) in [5.41, 5.74) is 10.3. The number of pyridine rings is 2. The van der Waals surface area contributed by atoms with Gasteiger partial charge in [-0.3, -0.25) is 14.0 Å². The zero-order chi connectivity index (χ0) is 35.1. The van der Waals surface area contributed by atoms with Gasteiger partial charge in [-0.25, -0.2) is 9.97 Å². The number of carbonyl (C=O) groups is 2. The van der Waals surface area contributed by atoms with Crippen LogP contribution in [0.2, 0.25) is 0 Å². The fraction of sp³-hybridized carbons (Fsp3) is 0.351. The Labute approximate surface area is 285 Å². The second kappa shape index (κ2) is 11.7. The van der Waals surface area contributed by atoms with Gasteiger partial charge in [-0.2, -0.15) is 13.2 Å². The highest BCUT2D eigenvalue weighted by molar-refractivity contribution is 5.98. The third-order valence-corrected chi connectivity index (χ3v) is 10.2. The molecule has 6 heterocycles. The van der Waals surface area contributed by atoms with E-state index >= 15 is 0 Å². The van der Waals surface area contributed by atoms with E-state index in [4.69, 9.17) is 20.4 Å². The number of aryl methyl sites for hydroxylation is 1. The number of amides is 2. The molecule has 13 heteroatoms. The van der Waals surface area contributed by atoms with Crippen LogP contribution in [0.4, 0.5) is 13.2 Å². The second-order valence-electron chi connectivity index (χ2n) is 13.5. The van der Waals surface area contributed by atoms with Gasteiger partial charge in [0.15, 0.2) is 5.88 Å². The molecular formula is C37H36F3N7O3. The molecule has 1 saturated carbocycles. The number of rotatable bonds is 8. The van der Waals surface area contributed by atoms with Gasteiger partial charge >= 0.3 is 6.18 Å². The number of nitrogens with one attached hydrogen (secondary N) is 1. The van der Waals surface area contributed by atoms with E-state index in [1.807, 2.05) is 34.4 Å². The number of nitrogens with two attached hydrogens (primary N) is 1. The molecular weight excluding hydrogens is 647 g/mol. The predicted molar refractivity (Wildman–Crippen MR) is 181 cm³/mol. The van der Waals surface area contributed by atoms with Crippen LogP contribution in [0.5, 0.6) is 5.88 Å². The van der Waals surface area contributed by atoms with E-state index in [-0.39, 0.29) is 18.0 Å². The summed E-state index contributed by atoms with van der Waals surface area (Å²) in [6, 6.07) is 13.2. The average Bonchev–Trinajstić information content (AvgIpc) is 3.41. The van der Waals surface area contributed by atoms with Crippen molar-refractivity contribution in [3.05, 3.63) is 94.4 Å². The van der Waals surface area contributed by atoms with E-state index < -0.39 is 29.3 Å². The van der Waals surface area contributed by atoms with Crippen LogP contribution >= 0.6 is 0 Å². The highest BCUT2D eigenvalue weighted by Gasteiger charge is 2.42. The van der Waals surface area contributed by atoms with Crippen molar-refractivity contribution in [3.8, 4) is 17.3 Å². The van der Waals surface area contributed by atoms with Gasteiger partial charge < -0.3 is 25.3 Å². The molecule has 2 bridgehead atoms. The number of imidazole rings is 1. The Morgan fingerprint density at radius 1 is 1.10 bits per heavy atom. The molecule has 3 atom stereocenters. The summed E-state index contributed by atoms with van der Waals surface area (Å²) in [6.45, 7) is 4.36. The van der Waals surface area contributed by atoms with Crippen molar-refractivity contribution >= 4 is 28.5 Å². The van der Waals surface area contributed by atoms with E-state index in [0.717, 1.165) is 54.2 Å². The molecule has 5 aromatic rings. The largest absolute Gasteiger partial charge is 0.482 e. The minimum atomic E-state index is -4.66. The molecule has 0 radical (unpaired) electrons. The second-order valence-corrected chi connectivity index (χ2v) is 13.5. The van der Waals surface area contributed by atoms with Gasteiger partial charge in [0.1, 0.15) is 17.0 Å². The van der Waals surface area contributed by atoms with Gasteiger partial charge in [-0.1, -0.05) is 18.2 Å². The minimum Gasteiger partial charge on any atom is -0.482 e. The van der Waals surface area contributed by atoms with E-state index in [1.165, 1.54) is 18.2 Å². The van der Waals surface area contributed by atoms with Crippen molar-refractivity contribution in [1.29, 1.82) is 0 Å². The number of hydrogen-bond donors (Lipinski definition) is 2. The van der Waals surface area contributed by atoms with Crippen LogP contribution in [-0.4, -0.2) is 54.8 Å². The third kappa shape index (κ3) is 5.31. The smallest absolute Gasteiger partial charge is 0.417 e. The third-order valence-electron chi connectivity index (χ3n) is 10.2. The number of methoxy groups -OCH3 is 1. The van der Waals surface area contributed by atoms with E-state index in [9.17, 15) is 22.8 Å². The van der Waals surface area contributed by atoms with Crippen molar-refractivity contribution in [2.24, 2.45) is 11.7 Å². The van der Waals surface area contributed by atoms with Crippen molar-refractivity contribution in [3.63, 3.8) is 0 Å². The van der Waals surface area contributed by atoms with Crippen LogP contribution in [0.1, 0.15) is 76.3 Å². The lowest BCUT2D eigenvalue weighted by Gasteiger charge is -2.20. The van der Waals surface area contributed by atoms with Gasteiger partial charge in [0, 0.05) is 41.3 Å². The predicted octanol–water partition coefficient (Wildman–Crippen LogP) is 6.42. The maximum absolute atomic E-state index is 13.8. The fourth-order valence-electron chi connectivity index (χ4n) is 7.43. The summed E-state index contributed by atoms with van der Waals surface area (Å²) >= 11 is 0. The fourth-order valence-corrected chi connectivity index (χ4v) is 7.43. The Kier molecular flexibility index (Phi) is 7.51. The molecule has 2 amide bonds.